The summed E-state index contributed by atoms with van der Waals surface area (Å²) in [5.41, 5.74) is 2.71. The van der Waals surface area contributed by atoms with Crippen molar-refractivity contribution in [2.75, 3.05) is 0 Å². The summed E-state index contributed by atoms with van der Waals surface area (Å²) in [4.78, 5) is 12.2. The van der Waals surface area contributed by atoms with Crippen molar-refractivity contribution in [1.82, 2.24) is 0 Å². The van der Waals surface area contributed by atoms with Crippen LogP contribution in [0.4, 0.5) is 0 Å². The summed E-state index contributed by atoms with van der Waals surface area (Å²) in [6.45, 7) is 4.39. The Bertz CT molecular complexity index is 1120. The van der Waals surface area contributed by atoms with E-state index in [1.807, 2.05) is 42.5 Å². The van der Waals surface area contributed by atoms with E-state index >= 15 is 0 Å². The van der Waals surface area contributed by atoms with Crippen LogP contribution in [0.2, 0.25) is 0 Å². The first-order chi connectivity index (χ1) is 13.0. The Morgan fingerprint density at radius 1 is 0.778 bits per heavy atom. The molecule has 0 amide bonds. The van der Waals surface area contributed by atoms with Gasteiger partial charge in [0.15, 0.2) is 5.43 Å². The van der Waals surface area contributed by atoms with Crippen molar-refractivity contribution in [3.8, 4) is 11.7 Å². The standard InChI is InChI=1S/C24H20O3/c1-24(2,17-8-4-3-5-9-17)18-12-14-19(15-13-18)26-23-16-21(25)20-10-6-7-11-22(20)27-23/h3-16H,1-2H3. The number of rotatable bonds is 4. The molecule has 0 aliphatic carbocycles. The molecule has 4 rings (SSSR count). The summed E-state index contributed by atoms with van der Waals surface area (Å²) in [5.74, 6) is 0.815. The molecule has 3 heteroatoms. The van der Waals surface area contributed by atoms with Crippen LogP contribution in [0.25, 0.3) is 11.0 Å². The largest absolute Gasteiger partial charge is 0.426 e. The molecule has 0 radical (unpaired) electrons. The number of hydrogen-bond donors (Lipinski definition) is 0. The second kappa shape index (κ2) is 6.76. The molecule has 134 valence electrons. The molecular formula is C24H20O3. The fourth-order valence-electron chi connectivity index (χ4n) is 3.21. The van der Waals surface area contributed by atoms with E-state index in [0.717, 1.165) is 0 Å². The van der Waals surface area contributed by atoms with Crippen molar-refractivity contribution in [2.24, 2.45) is 0 Å². The zero-order valence-electron chi connectivity index (χ0n) is 15.3. The number of ether oxygens (including phenoxy) is 1. The SMILES string of the molecule is CC(C)(c1ccccc1)c1ccc(Oc2cc(=O)c3ccccc3o2)cc1. The normalized spacial score (nSPS) is 11.5. The average molecular weight is 356 g/mol. The lowest BCUT2D eigenvalue weighted by Gasteiger charge is -2.26. The maximum atomic E-state index is 12.2. The molecule has 3 nitrogen and oxygen atoms in total. The molecule has 4 aromatic rings. The number of para-hydroxylation sites is 1. The molecule has 0 spiro atoms. The zero-order chi connectivity index (χ0) is 18.9. The Morgan fingerprint density at radius 2 is 1.41 bits per heavy atom. The third-order valence-corrected chi connectivity index (χ3v) is 4.90. The molecule has 0 saturated carbocycles. The lowest BCUT2D eigenvalue weighted by molar-refractivity contribution is 0.353. The zero-order valence-corrected chi connectivity index (χ0v) is 15.3. The lowest BCUT2D eigenvalue weighted by Crippen LogP contribution is -2.18. The minimum atomic E-state index is -0.117. The van der Waals surface area contributed by atoms with Gasteiger partial charge in [0.2, 0.25) is 0 Å². The second-order valence-corrected chi connectivity index (χ2v) is 7.04. The van der Waals surface area contributed by atoms with Gasteiger partial charge < -0.3 is 9.15 Å². The number of hydrogen-bond acceptors (Lipinski definition) is 3. The number of benzene rings is 3. The molecule has 3 aromatic carbocycles. The van der Waals surface area contributed by atoms with Crippen molar-refractivity contribution in [3.05, 3.63) is 106 Å². The molecule has 0 atom stereocenters. The molecule has 1 aromatic heterocycles. The number of fused-ring (bicyclic) bond motifs is 1. The fraction of sp³-hybridized carbons (Fsp3) is 0.125. The summed E-state index contributed by atoms with van der Waals surface area (Å²) in [7, 11) is 0. The Kier molecular flexibility index (Phi) is 4.28. The maximum Gasteiger partial charge on any atom is 0.294 e. The predicted molar refractivity (Wildman–Crippen MR) is 108 cm³/mol. The van der Waals surface area contributed by atoms with Gasteiger partial charge in [-0.3, -0.25) is 4.79 Å². The molecule has 0 unspecified atom stereocenters. The Hall–Kier alpha value is -3.33. The molecular weight excluding hydrogens is 336 g/mol. The molecule has 0 bridgehead atoms. The third kappa shape index (κ3) is 3.36. The third-order valence-electron chi connectivity index (χ3n) is 4.90. The van der Waals surface area contributed by atoms with Crippen molar-refractivity contribution in [1.29, 1.82) is 0 Å². The Balaban J connectivity index is 1.61. The quantitative estimate of drug-likeness (QED) is 0.456. The summed E-state index contributed by atoms with van der Waals surface area (Å²) in [5, 5.41) is 0.546. The van der Waals surface area contributed by atoms with Gasteiger partial charge in [0, 0.05) is 5.41 Å². The Morgan fingerprint density at radius 3 is 2.15 bits per heavy atom. The van der Waals surface area contributed by atoms with Gasteiger partial charge >= 0.3 is 0 Å². The summed E-state index contributed by atoms with van der Waals surface area (Å²) >= 11 is 0. The first-order valence-electron chi connectivity index (χ1n) is 8.91. The monoisotopic (exact) mass is 356 g/mol. The first-order valence-corrected chi connectivity index (χ1v) is 8.91. The molecule has 0 N–H and O–H groups in total. The van der Waals surface area contributed by atoms with Gasteiger partial charge in [0.1, 0.15) is 11.3 Å². The summed E-state index contributed by atoms with van der Waals surface area (Å²) in [6.07, 6.45) is 0. The van der Waals surface area contributed by atoms with Crippen LogP contribution in [-0.4, -0.2) is 0 Å². The molecule has 27 heavy (non-hydrogen) atoms. The van der Waals surface area contributed by atoms with Gasteiger partial charge in [-0.2, -0.15) is 0 Å². The van der Waals surface area contributed by atoms with Crippen LogP contribution < -0.4 is 10.2 Å². The van der Waals surface area contributed by atoms with E-state index in [0.29, 0.717) is 16.7 Å². The highest BCUT2D eigenvalue weighted by atomic mass is 16.6. The van der Waals surface area contributed by atoms with E-state index in [2.05, 4.69) is 38.1 Å². The molecule has 0 aliphatic heterocycles. The first kappa shape index (κ1) is 17.1. The van der Waals surface area contributed by atoms with E-state index in [1.54, 1.807) is 12.1 Å². The van der Waals surface area contributed by atoms with Crippen molar-refractivity contribution >= 4 is 11.0 Å². The van der Waals surface area contributed by atoms with Gasteiger partial charge in [-0.25, -0.2) is 0 Å². The van der Waals surface area contributed by atoms with Gasteiger partial charge in [0.25, 0.3) is 5.95 Å². The van der Waals surface area contributed by atoms with Crippen LogP contribution in [0.3, 0.4) is 0 Å². The van der Waals surface area contributed by atoms with Crippen LogP contribution >= 0.6 is 0 Å². The van der Waals surface area contributed by atoms with Crippen LogP contribution in [0.5, 0.6) is 11.7 Å². The van der Waals surface area contributed by atoms with Crippen LogP contribution in [0.1, 0.15) is 25.0 Å². The minimum Gasteiger partial charge on any atom is -0.426 e. The van der Waals surface area contributed by atoms with Crippen LogP contribution in [0.15, 0.2) is 94.1 Å². The van der Waals surface area contributed by atoms with Crippen LogP contribution in [0, 0.1) is 0 Å². The maximum absolute atomic E-state index is 12.2. The van der Waals surface area contributed by atoms with E-state index in [9.17, 15) is 4.79 Å². The smallest absolute Gasteiger partial charge is 0.294 e. The molecule has 0 fully saturated rings. The van der Waals surface area contributed by atoms with Gasteiger partial charge in [-0.1, -0.05) is 68.4 Å². The van der Waals surface area contributed by atoms with E-state index < -0.39 is 0 Å². The van der Waals surface area contributed by atoms with Crippen LogP contribution in [-0.2, 0) is 5.41 Å². The molecule has 1 heterocycles. The fourth-order valence-corrected chi connectivity index (χ4v) is 3.21. The highest BCUT2D eigenvalue weighted by molar-refractivity contribution is 5.76. The second-order valence-electron chi connectivity index (χ2n) is 7.04. The van der Waals surface area contributed by atoms with Gasteiger partial charge in [-0.15, -0.1) is 0 Å². The van der Waals surface area contributed by atoms with E-state index in [4.69, 9.17) is 9.15 Å². The highest BCUT2D eigenvalue weighted by Crippen LogP contribution is 2.33. The van der Waals surface area contributed by atoms with E-state index in [1.165, 1.54) is 17.2 Å². The Labute approximate surface area is 157 Å². The van der Waals surface area contributed by atoms with Crippen molar-refractivity contribution < 1.29 is 9.15 Å². The van der Waals surface area contributed by atoms with Gasteiger partial charge in [0.05, 0.1) is 11.5 Å². The predicted octanol–water partition coefficient (Wildman–Crippen LogP) is 5.91. The topological polar surface area (TPSA) is 39.4 Å². The molecule has 0 saturated heterocycles. The van der Waals surface area contributed by atoms with Crippen molar-refractivity contribution in [2.45, 2.75) is 19.3 Å². The summed E-state index contributed by atoms with van der Waals surface area (Å²) < 4.78 is 11.5. The van der Waals surface area contributed by atoms with Gasteiger partial charge in [-0.05, 0) is 35.4 Å². The van der Waals surface area contributed by atoms with E-state index in [-0.39, 0.29) is 16.8 Å². The summed E-state index contributed by atoms with van der Waals surface area (Å²) in [6, 6.07) is 26.8. The minimum absolute atomic E-state index is 0.116. The average Bonchev–Trinajstić information content (AvgIpc) is 2.69. The van der Waals surface area contributed by atoms with Crippen molar-refractivity contribution in [3.63, 3.8) is 0 Å². The highest BCUT2D eigenvalue weighted by Gasteiger charge is 2.22. The lowest BCUT2D eigenvalue weighted by atomic mass is 9.78. The molecule has 0 aliphatic rings.